The molecule has 3 N–H and O–H groups in total. The zero-order valence-electron chi connectivity index (χ0n) is 23.8. The number of thioether (sulfide) groups is 1. The molecule has 0 aliphatic rings. The second kappa shape index (κ2) is 13.5. The first-order valence-corrected chi connectivity index (χ1v) is 14.8. The molecule has 1 amide bonds. The van der Waals surface area contributed by atoms with Crippen molar-refractivity contribution in [3.8, 4) is 17.2 Å². The minimum absolute atomic E-state index is 0.0961. The van der Waals surface area contributed by atoms with Crippen LogP contribution in [0.2, 0.25) is 0 Å². The molecule has 5 aromatic rings. The topological polar surface area (TPSA) is 102 Å². The quantitative estimate of drug-likeness (QED) is 0.0957. The molecule has 42 heavy (non-hydrogen) atoms. The molecule has 4 aromatic carbocycles. The van der Waals surface area contributed by atoms with Gasteiger partial charge < -0.3 is 29.8 Å². The van der Waals surface area contributed by atoms with Crippen molar-refractivity contribution in [1.29, 1.82) is 0 Å². The Morgan fingerprint density at radius 1 is 0.881 bits per heavy atom. The lowest BCUT2D eigenvalue weighted by molar-refractivity contribution is 0.102. The number of fused-ring (bicyclic) bond motifs is 2. The lowest BCUT2D eigenvalue weighted by Crippen LogP contribution is -2.23. The van der Waals surface area contributed by atoms with Gasteiger partial charge in [-0.1, -0.05) is 12.1 Å². The van der Waals surface area contributed by atoms with Crippen LogP contribution in [-0.4, -0.2) is 51.1 Å². The van der Waals surface area contributed by atoms with Crippen molar-refractivity contribution in [3.63, 3.8) is 0 Å². The van der Waals surface area contributed by atoms with Gasteiger partial charge in [-0.3, -0.25) is 9.59 Å². The van der Waals surface area contributed by atoms with E-state index in [2.05, 4.69) is 15.6 Å². The van der Waals surface area contributed by atoms with Gasteiger partial charge in [-0.15, -0.1) is 11.8 Å². The van der Waals surface area contributed by atoms with E-state index >= 15 is 0 Å². The second-order valence-electron chi connectivity index (χ2n) is 9.61. The standard InChI is InChI=1S/C33H33N3O5S/c1-39-29-14-7-21(19-30(29)40-2)15-16-34-17-18-41-23-10-8-22(9-11-23)35-33(38)26-6-4-5-25-31(26)36-28-13-12-24(42-3)20-27(28)32(25)37/h4-14,19-20,34H,15-18H2,1-3H3,(H,35,38)(H,36,37). The smallest absolute Gasteiger partial charge is 0.257 e. The highest BCUT2D eigenvalue weighted by molar-refractivity contribution is 7.98. The van der Waals surface area contributed by atoms with Gasteiger partial charge in [0.15, 0.2) is 16.9 Å². The van der Waals surface area contributed by atoms with Crippen LogP contribution in [0.5, 0.6) is 17.2 Å². The largest absolute Gasteiger partial charge is 0.493 e. The number of aromatic amines is 1. The number of pyridine rings is 1. The van der Waals surface area contributed by atoms with Crippen LogP contribution < -0.4 is 30.3 Å². The Kier molecular flexibility index (Phi) is 9.31. The van der Waals surface area contributed by atoms with Crippen LogP contribution in [-0.2, 0) is 6.42 Å². The summed E-state index contributed by atoms with van der Waals surface area (Å²) in [6, 6.07) is 24.1. The number of para-hydroxylation sites is 1. The maximum atomic E-state index is 13.2. The summed E-state index contributed by atoms with van der Waals surface area (Å²) in [5.74, 6) is 1.85. The highest BCUT2D eigenvalue weighted by atomic mass is 32.2. The fourth-order valence-electron chi connectivity index (χ4n) is 4.76. The van der Waals surface area contributed by atoms with E-state index in [1.54, 1.807) is 56.3 Å². The summed E-state index contributed by atoms with van der Waals surface area (Å²) < 4.78 is 16.5. The van der Waals surface area contributed by atoms with Gasteiger partial charge in [-0.2, -0.15) is 0 Å². The van der Waals surface area contributed by atoms with Gasteiger partial charge in [-0.25, -0.2) is 0 Å². The van der Waals surface area contributed by atoms with Crippen molar-refractivity contribution in [2.24, 2.45) is 0 Å². The molecule has 216 valence electrons. The van der Waals surface area contributed by atoms with Crippen LogP contribution in [0.1, 0.15) is 15.9 Å². The van der Waals surface area contributed by atoms with E-state index in [-0.39, 0.29) is 11.3 Å². The van der Waals surface area contributed by atoms with E-state index in [1.807, 2.05) is 54.8 Å². The van der Waals surface area contributed by atoms with Gasteiger partial charge in [0.25, 0.3) is 5.91 Å². The Hall–Kier alpha value is -4.47. The first-order chi connectivity index (χ1) is 20.5. The molecule has 0 atom stereocenters. The summed E-state index contributed by atoms with van der Waals surface area (Å²) in [7, 11) is 3.26. The van der Waals surface area contributed by atoms with Crippen molar-refractivity contribution in [2.45, 2.75) is 11.3 Å². The van der Waals surface area contributed by atoms with Gasteiger partial charge in [0.05, 0.1) is 25.3 Å². The Labute approximate surface area is 248 Å². The third kappa shape index (κ3) is 6.53. The summed E-state index contributed by atoms with van der Waals surface area (Å²) in [4.78, 5) is 30.7. The van der Waals surface area contributed by atoms with Crippen molar-refractivity contribution >= 4 is 45.2 Å². The van der Waals surface area contributed by atoms with Crippen LogP contribution >= 0.6 is 11.8 Å². The van der Waals surface area contributed by atoms with Crippen molar-refractivity contribution < 1.29 is 19.0 Å². The number of nitrogens with one attached hydrogen (secondary N) is 3. The molecule has 0 radical (unpaired) electrons. The van der Waals surface area contributed by atoms with E-state index in [0.717, 1.165) is 34.9 Å². The number of carbonyl (C=O) groups excluding carboxylic acids is 1. The fourth-order valence-corrected chi connectivity index (χ4v) is 5.20. The van der Waals surface area contributed by atoms with E-state index < -0.39 is 0 Å². The number of carbonyl (C=O) groups is 1. The molecule has 0 saturated heterocycles. The SMILES string of the molecule is COc1ccc(CCNCCOc2ccc(NC(=O)c3cccc4c(=O)c5cc(SC)ccc5[nH]c34)cc2)cc1OC. The summed E-state index contributed by atoms with van der Waals surface area (Å²) >= 11 is 1.58. The van der Waals surface area contributed by atoms with Crippen molar-refractivity contribution in [2.75, 3.05) is 45.5 Å². The first kappa shape index (κ1) is 29.0. The number of anilines is 1. The molecule has 0 saturated carbocycles. The molecule has 1 heterocycles. The summed E-state index contributed by atoms with van der Waals surface area (Å²) in [6.07, 6.45) is 2.83. The minimum atomic E-state index is -0.302. The average Bonchev–Trinajstić information content (AvgIpc) is 3.03. The number of aromatic nitrogens is 1. The molecule has 8 nitrogen and oxygen atoms in total. The van der Waals surface area contributed by atoms with Crippen LogP contribution in [0.3, 0.4) is 0 Å². The predicted molar refractivity (Wildman–Crippen MR) is 170 cm³/mol. The molecular formula is C33H33N3O5S. The monoisotopic (exact) mass is 583 g/mol. The minimum Gasteiger partial charge on any atom is -0.493 e. The highest BCUT2D eigenvalue weighted by Crippen LogP contribution is 2.28. The van der Waals surface area contributed by atoms with Crippen LogP contribution in [0, 0.1) is 0 Å². The van der Waals surface area contributed by atoms with Gasteiger partial charge in [0, 0.05) is 33.4 Å². The van der Waals surface area contributed by atoms with Gasteiger partial charge >= 0.3 is 0 Å². The maximum absolute atomic E-state index is 13.2. The fraction of sp³-hybridized carbons (Fsp3) is 0.212. The Bertz CT molecular complexity index is 1770. The Morgan fingerprint density at radius 3 is 2.45 bits per heavy atom. The molecular weight excluding hydrogens is 550 g/mol. The number of H-pyrrole nitrogens is 1. The van der Waals surface area contributed by atoms with E-state index in [1.165, 1.54) is 0 Å². The molecule has 9 heteroatoms. The lowest BCUT2D eigenvalue weighted by Gasteiger charge is -2.11. The number of hydrogen-bond donors (Lipinski definition) is 3. The Balaban J connectivity index is 1.14. The first-order valence-electron chi connectivity index (χ1n) is 13.6. The third-order valence-corrected chi connectivity index (χ3v) is 7.71. The van der Waals surface area contributed by atoms with E-state index in [9.17, 15) is 9.59 Å². The molecule has 0 bridgehead atoms. The summed E-state index contributed by atoms with van der Waals surface area (Å²) in [5, 5.41) is 7.40. The molecule has 5 rings (SSSR count). The summed E-state index contributed by atoms with van der Waals surface area (Å²) in [5.41, 5.74) is 3.31. The summed E-state index contributed by atoms with van der Waals surface area (Å²) in [6.45, 7) is 2.00. The van der Waals surface area contributed by atoms with E-state index in [0.29, 0.717) is 52.0 Å². The van der Waals surface area contributed by atoms with Crippen molar-refractivity contribution in [3.05, 3.63) is 100 Å². The number of methoxy groups -OCH3 is 2. The zero-order valence-corrected chi connectivity index (χ0v) is 24.6. The molecule has 1 aromatic heterocycles. The lowest BCUT2D eigenvalue weighted by atomic mass is 10.1. The highest BCUT2D eigenvalue weighted by Gasteiger charge is 2.15. The van der Waals surface area contributed by atoms with Crippen LogP contribution in [0.4, 0.5) is 5.69 Å². The van der Waals surface area contributed by atoms with Crippen LogP contribution in [0.15, 0.2) is 88.6 Å². The molecule has 0 spiro atoms. The molecule has 0 aliphatic heterocycles. The second-order valence-corrected chi connectivity index (χ2v) is 10.5. The number of amides is 1. The Morgan fingerprint density at radius 2 is 1.69 bits per heavy atom. The number of rotatable bonds is 12. The van der Waals surface area contributed by atoms with Gasteiger partial charge in [0.2, 0.25) is 0 Å². The van der Waals surface area contributed by atoms with Gasteiger partial charge in [-0.05, 0) is 91.5 Å². The van der Waals surface area contributed by atoms with Crippen molar-refractivity contribution in [1.82, 2.24) is 10.3 Å². The van der Waals surface area contributed by atoms with E-state index in [4.69, 9.17) is 14.2 Å². The number of hydrogen-bond acceptors (Lipinski definition) is 7. The molecule has 0 fully saturated rings. The number of ether oxygens (including phenoxy) is 3. The molecule has 0 aliphatic carbocycles. The zero-order chi connectivity index (χ0) is 29.5. The number of benzene rings is 4. The predicted octanol–water partition coefficient (Wildman–Crippen LogP) is 5.88. The van der Waals surface area contributed by atoms with Crippen LogP contribution in [0.25, 0.3) is 21.8 Å². The molecule has 0 unspecified atom stereocenters. The van der Waals surface area contributed by atoms with Gasteiger partial charge in [0.1, 0.15) is 12.4 Å². The maximum Gasteiger partial charge on any atom is 0.257 e. The third-order valence-electron chi connectivity index (χ3n) is 6.98. The normalized spacial score (nSPS) is 11.0. The average molecular weight is 584 g/mol.